The van der Waals surface area contributed by atoms with Gasteiger partial charge in [-0.25, -0.2) is 0 Å². The molecule has 1 saturated heterocycles. The zero-order chi connectivity index (χ0) is 19.4. The molecule has 0 bridgehead atoms. The normalized spacial score (nSPS) is 14.6. The molecular formula is C19H27N5O2S. The smallest absolute Gasteiger partial charge is 0.228 e. The molecule has 0 saturated carbocycles. The van der Waals surface area contributed by atoms with E-state index in [0.29, 0.717) is 25.5 Å². The van der Waals surface area contributed by atoms with Crippen molar-refractivity contribution in [2.24, 2.45) is 0 Å². The lowest BCUT2D eigenvalue weighted by Crippen LogP contribution is -2.38. The Morgan fingerprint density at radius 3 is 2.70 bits per heavy atom. The molecule has 1 aliphatic heterocycles. The molecule has 8 heteroatoms. The number of hydrogen-bond donors (Lipinski definition) is 0. The lowest BCUT2D eigenvalue weighted by molar-refractivity contribution is 0.102. The summed E-state index contributed by atoms with van der Waals surface area (Å²) in [5.74, 6) is 1.32. The van der Waals surface area contributed by atoms with Crippen LogP contribution in [0.5, 0.6) is 0 Å². The Kier molecular flexibility index (Phi) is 6.38. The van der Waals surface area contributed by atoms with E-state index in [9.17, 15) is 4.79 Å². The van der Waals surface area contributed by atoms with Gasteiger partial charge in [0.05, 0.1) is 19.0 Å². The fraction of sp³-hybridized carbons (Fsp3) is 0.526. The van der Waals surface area contributed by atoms with E-state index >= 15 is 0 Å². The SMILES string of the molecule is C=CCn1c(C)cc(C(=O)CSc2nnc(N3CCOCC3)n2CC)c1C. The largest absolute Gasteiger partial charge is 0.378 e. The Balaban J connectivity index is 1.71. The van der Waals surface area contributed by atoms with E-state index in [2.05, 4.69) is 37.7 Å². The number of anilines is 1. The van der Waals surface area contributed by atoms with E-state index in [4.69, 9.17) is 4.74 Å². The van der Waals surface area contributed by atoms with Gasteiger partial charge in [0.15, 0.2) is 10.9 Å². The van der Waals surface area contributed by atoms with Crippen molar-refractivity contribution >= 4 is 23.5 Å². The zero-order valence-electron chi connectivity index (χ0n) is 16.3. The quantitative estimate of drug-likeness (QED) is 0.393. The summed E-state index contributed by atoms with van der Waals surface area (Å²) in [4.78, 5) is 15.0. The number of rotatable bonds is 8. The molecule has 3 rings (SSSR count). The Morgan fingerprint density at radius 1 is 1.30 bits per heavy atom. The molecule has 0 spiro atoms. The summed E-state index contributed by atoms with van der Waals surface area (Å²) in [5.41, 5.74) is 2.84. The summed E-state index contributed by atoms with van der Waals surface area (Å²) in [6.07, 6.45) is 1.85. The van der Waals surface area contributed by atoms with Gasteiger partial charge >= 0.3 is 0 Å². The number of morpholine rings is 1. The third-order valence-corrected chi connectivity index (χ3v) is 5.79. The molecule has 2 aromatic heterocycles. The number of ether oxygens (including phenoxy) is 1. The summed E-state index contributed by atoms with van der Waals surface area (Å²) in [7, 11) is 0. The van der Waals surface area contributed by atoms with Crippen LogP contribution in [-0.4, -0.2) is 57.2 Å². The van der Waals surface area contributed by atoms with Crippen molar-refractivity contribution < 1.29 is 9.53 Å². The monoisotopic (exact) mass is 389 g/mol. The molecule has 0 atom stereocenters. The van der Waals surface area contributed by atoms with Gasteiger partial charge in [-0.3, -0.25) is 9.36 Å². The van der Waals surface area contributed by atoms with E-state index in [1.807, 2.05) is 26.0 Å². The number of nitrogens with zero attached hydrogens (tertiary/aromatic N) is 5. The zero-order valence-corrected chi connectivity index (χ0v) is 17.1. The van der Waals surface area contributed by atoms with Crippen LogP contribution in [0.2, 0.25) is 0 Å². The first kappa shape index (κ1) is 19.7. The van der Waals surface area contributed by atoms with Gasteiger partial charge in [0.25, 0.3) is 0 Å². The number of aromatic nitrogens is 4. The van der Waals surface area contributed by atoms with Crippen molar-refractivity contribution in [1.29, 1.82) is 0 Å². The van der Waals surface area contributed by atoms with E-state index in [1.165, 1.54) is 11.8 Å². The molecule has 1 fully saturated rings. The van der Waals surface area contributed by atoms with Crippen LogP contribution >= 0.6 is 11.8 Å². The minimum Gasteiger partial charge on any atom is -0.378 e. The highest BCUT2D eigenvalue weighted by Gasteiger charge is 2.21. The maximum Gasteiger partial charge on any atom is 0.228 e. The molecule has 0 aliphatic carbocycles. The van der Waals surface area contributed by atoms with Gasteiger partial charge in [-0.05, 0) is 26.8 Å². The summed E-state index contributed by atoms with van der Waals surface area (Å²) >= 11 is 1.45. The molecule has 27 heavy (non-hydrogen) atoms. The van der Waals surface area contributed by atoms with Gasteiger partial charge in [-0.2, -0.15) is 0 Å². The second-order valence-electron chi connectivity index (χ2n) is 6.52. The van der Waals surface area contributed by atoms with Crippen molar-refractivity contribution in [3.05, 3.63) is 35.7 Å². The third-order valence-electron chi connectivity index (χ3n) is 4.83. The second kappa shape index (κ2) is 8.75. The average Bonchev–Trinajstić information content (AvgIpc) is 3.22. The first-order valence-electron chi connectivity index (χ1n) is 9.26. The topological polar surface area (TPSA) is 65.2 Å². The summed E-state index contributed by atoms with van der Waals surface area (Å²) in [6, 6.07) is 1.96. The average molecular weight is 390 g/mol. The van der Waals surface area contributed by atoms with Crippen LogP contribution in [0.1, 0.15) is 28.7 Å². The first-order chi connectivity index (χ1) is 13.1. The third kappa shape index (κ3) is 4.11. The standard InChI is InChI=1S/C19H27N5O2S/c1-5-7-24-14(3)12-16(15(24)4)17(25)13-27-19-21-20-18(23(19)6-2)22-8-10-26-11-9-22/h5,12H,1,6-11,13H2,2-4H3. The molecule has 0 amide bonds. The number of Topliss-reactive ketones (excluding diaryl/α,β-unsaturated/α-hetero) is 1. The summed E-state index contributed by atoms with van der Waals surface area (Å²) < 4.78 is 9.59. The highest BCUT2D eigenvalue weighted by atomic mass is 32.2. The van der Waals surface area contributed by atoms with Crippen molar-refractivity contribution in [2.75, 3.05) is 37.0 Å². The molecule has 0 aromatic carbocycles. The first-order valence-corrected chi connectivity index (χ1v) is 10.2. The van der Waals surface area contributed by atoms with Crippen molar-refractivity contribution in [3.8, 4) is 0 Å². The van der Waals surface area contributed by atoms with Gasteiger partial charge in [-0.15, -0.1) is 16.8 Å². The van der Waals surface area contributed by atoms with E-state index in [-0.39, 0.29) is 5.78 Å². The molecule has 0 N–H and O–H groups in total. The minimum absolute atomic E-state index is 0.113. The maximum absolute atomic E-state index is 12.8. The molecule has 2 aromatic rings. The van der Waals surface area contributed by atoms with Crippen LogP contribution in [0, 0.1) is 13.8 Å². The molecule has 0 radical (unpaired) electrons. The summed E-state index contributed by atoms with van der Waals surface area (Å²) in [5, 5.41) is 9.47. The van der Waals surface area contributed by atoms with Gasteiger partial charge in [0.1, 0.15) is 0 Å². The van der Waals surface area contributed by atoms with Crippen molar-refractivity contribution in [1.82, 2.24) is 19.3 Å². The van der Waals surface area contributed by atoms with Crippen LogP contribution in [0.15, 0.2) is 23.9 Å². The molecule has 146 valence electrons. The molecule has 3 heterocycles. The van der Waals surface area contributed by atoms with Crippen molar-refractivity contribution in [2.45, 2.75) is 39.0 Å². The van der Waals surface area contributed by atoms with E-state index in [0.717, 1.165) is 47.7 Å². The molecule has 1 aliphatic rings. The summed E-state index contributed by atoms with van der Waals surface area (Å²) in [6.45, 7) is 14.4. The lowest BCUT2D eigenvalue weighted by atomic mass is 10.2. The van der Waals surface area contributed by atoms with Gasteiger partial charge in [0.2, 0.25) is 5.95 Å². The van der Waals surface area contributed by atoms with Crippen LogP contribution in [0.3, 0.4) is 0 Å². The number of carbonyl (C=O) groups is 1. The van der Waals surface area contributed by atoms with Crippen LogP contribution < -0.4 is 4.90 Å². The predicted molar refractivity (Wildman–Crippen MR) is 108 cm³/mol. The van der Waals surface area contributed by atoms with Crippen molar-refractivity contribution in [3.63, 3.8) is 0 Å². The fourth-order valence-corrected chi connectivity index (χ4v) is 4.24. The number of thioether (sulfide) groups is 1. The molecule has 0 unspecified atom stereocenters. The van der Waals surface area contributed by atoms with Gasteiger partial charge in [0, 0.05) is 43.1 Å². The molecule has 7 nitrogen and oxygen atoms in total. The number of hydrogen-bond acceptors (Lipinski definition) is 6. The van der Waals surface area contributed by atoms with Gasteiger partial charge < -0.3 is 14.2 Å². The van der Waals surface area contributed by atoms with Crippen LogP contribution in [0.25, 0.3) is 0 Å². The van der Waals surface area contributed by atoms with E-state index < -0.39 is 0 Å². The van der Waals surface area contributed by atoms with Gasteiger partial charge in [-0.1, -0.05) is 17.8 Å². The second-order valence-corrected chi connectivity index (χ2v) is 7.46. The Bertz CT molecular complexity index is 820. The lowest BCUT2D eigenvalue weighted by Gasteiger charge is -2.27. The Labute approximate surface area is 164 Å². The fourth-order valence-electron chi connectivity index (χ4n) is 3.36. The maximum atomic E-state index is 12.8. The Morgan fingerprint density at radius 2 is 2.04 bits per heavy atom. The highest BCUT2D eigenvalue weighted by Crippen LogP contribution is 2.24. The molecular weight excluding hydrogens is 362 g/mol. The van der Waals surface area contributed by atoms with Crippen LogP contribution in [0.4, 0.5) is 5.95 Å². The highest BCUT2D eigenvalue weighted by molar-refractivity contribution is 7.99. The number of aryl methyl sites for hydroxylation is 1. The number of carbonyl (C=O) groups excluding carboxylic acids is 1. The number of ketones is 1. The predicted octanol–water partition coefficient (Wildman–Crippen LogP) is 2.71. The van der Waals surface area contributed by atoms with E-state index in [1.54, 1.807) is 0 Å². The minimum atomic E-state index is 0.113. The number of allylic oxidation sites excluding steroid dienone is 1. The van der Waals surface area contributed by atoms with Crippen LogP contribution in [-0.2, 0) is 17.8 Å². The Hall–Kier alpha value is -2.06.